The molecule has 0 saturated heterocycles. The first-order chi connectivity index (χ1) is 6.57. The number of carbonyl (C=O) groups excluding carboxylic acids is 1. The molecule has 4 nitrogen and oxygen atoms in total. The van der Waals surface area contributed by atoms with Gasteiger partial charge in [0.15, 0.2) is 0 Å². The number of halogens is 2. The normalized spacial score (nSPS) is 12.5. The Morgan fingerprint density at radius 3 is 2.20 bits per heavy atom. The highest BCUT2D eigenvalue weighted by Gasteiger charge is 2.32. The first-order valence-corrected chi connectivity index (χ1v) is 4.59. The van der Waals surface area contributed by atoms with Gasteiger partial charge in [-0.15, -0.1) is 0 Å². The monoisotopic (exact) mass is 224 g/mol. The van der Waals surface area contributed by atoms with E-state index in [1.54, 1.807) is 20.8 Å². The summed E-state index contributed by atoms with van der Waals surface area (Å²) >= 11 is 0. The number of alkyl halides is 2. The van der Waals surface area contributed by atoms with Crippen molar-refractivity contribution < 1.29 is 18.3 Å². The number of nitrogens with two attached hydrogens (primary N) is 1. The molecule has 0 aromatic heterocycles. The van der Waals surface area contributed by atoms with Gasteiger partial charge in [-0.2, -0.15) is 0 Å². The smallest absolute Gasteiger partial charge is 0.410 e. The maximum Gasteiger partial charge on any atom is 0.410 e. The minimum absolute atomic E-state index is 0.691. The fourth-order valence-corrected chi connectivity index (χ4v) is 0.816. The number of hydrogen-bond acceptors (Lipinski definition) is 3. The molecule has 0 aliphatic carbocycles. The standard InChI is InChI=1S/C9H18F2N2O2/c1-8(2,3)15-7(14)13(4)6-9(10,11)5-12/h5-6,12H2,1-4H3. The van der Waals surface area contributed by atoms with Gasteiger partial charge in [0.25, 0.3) is 5.92 Å². The molecule has 0 rings (SSSR count). The van der Waals surface area contributed by atoms with Gasteiger partial charge in [0.1, 0.15) is 5.60 Å². The number of nitrogens with zero attached hydrogens (tertiary/aromatic N) is 1. The molecule has 90 valence electrons. The van der Waals surface area contributed by atoms with E-state index in [1.165, 1.54) is 7.05 Å². The molecule has 1 amide bonds. The fraction of sp³-hybridized carbons (Fsp3) is 0.889. The highest BCUT2D eigenvalue weighted by molar-refractivity contribution is 5.67. The van der Waals surface area contributed by atoms with E-state index < -0.39 is 30.7 Å². The zero-order valence-electron chi connectivity index (χ0n) is 9.51. The zero-order chi connectivity index (χ0) is 12.3. The molecule has 0 saturated carbocycles. The van der Waals surface area contributed by atoms with E-state index in [1.807, 2.05) is 0 Å². The molecule has 0 unspecified atom stereocenters. The van der Waals surface area contributed by atoms with Gasteiger partial charge in [-0.3, -0.25) is 0 Å². The average molecular weight is 224 g/mol. The molecule has 0 radical (unpaired) electrons. The first-order valence-electron chi connectivity index (χ1n) is 4.59. The van der Waals surface area contributed by atoms with Crippen LogP contribution in [0.25, 0.3) is 0 Å². The summed E-state index contributed by atoms with van der Waals surface area (Å²) in [5.74, 6) is -3.08. The minimum atomic E-state index is -3.08. The lowest BCUT2D eigenvalue weighted by Crippen LogP contribution is -2.44. The fourth-order valence-electron chi connectivity index (χ4n) is 0.816. The minimum Gasteiger partial charge on any atom is -0.444 e. The molecule has 15 heavy (non-hydrogen) atoms. The van der Waals surface area contributed by atoms with Gasteiger partial charge in [-0.05, 0) is 20.8 Å². The van der Waals surface area contributed by atoms with Crippen molar-refractivity contribution in [2.45, 2.75) is 32.3 Å². The zero-order valence-corrected chi connectivity index (χ0v) is 9.51. The van der Waals surface area contributed by atoms with Gasteiger partial charge in [-0.25, -0.2) is 13.6 Å². The van der Waals surface area contributed by atoms with E-state index in [-0.39, 0.29) is 0 Å². The highest BCUT2D eigenvalue weighted by Crippen LogP contribution is 2.15. The molecule has 6 heteroatoms. The second-order valence-electron chi connectivity index (χ2n) is 4.40. The molecule has 0 aromatic rings. The summed E-state index contributed by atoms with van der Waals surface area (Å²) in [6, 6.07) is 0. The topological polar surface area (TPSA) is 55.6 Å². The van der Waals surface area contributed by atoms with E-state index in [2.05, 4.69) is 0 Å². The maximum absolute atomic E-state index is 12.8. The van der Waals surface area contributed by atoms with Crippen LogP contribution in [-0.2, 0) is 4.74 Å². The van der Waals surface area contributed by atoms with E-state index >= 15 is 0 Å². The summed E-state index contributed by atoms with van der Waals surface area (Å²) in [7, 11) is 1.25. The Kier molecular flexibility index (Phi) is 4.45. The quantitative estimate of drug-likeness (QED) is 0.789. The van der Waals surface area contributed by atoms with Crippen molar-refractivity contribution in [2.24, 2.45) is 5.73 Å². The highest BCUT2D eigenvalue weighted by atomic mass is 19.3. The van der Waals surface area contributed by atoms with Gasteiger partial charge < -0.3 is 15.4 Å². The summed E-state index contributed by atoms with van der Waals surface area (Å²) in [6.45, 7) is 3.47. The number of ether oxygens (including phenoxy) is 1. The van der Waals surface area contributed by atoms with Crippen molar-refractivity contribution in [3.8, 4) is 0 Å². The number of hydrogen-bond donors (Lipinski definition) is 1. The molecule has 0 aliphatic rings. The second kappa shape index (κ2) is 4.74. The van der Waals surface area contributed by atoms with Gasteiger partial charge in [-0.1, -0.05) is 0 Å². The molecule has 0 bridgehead atoms. The Morgan fingerprint density at radius 1 is 1.40 bits per heavy atom. The van der Waals surface area contributed by atoms with Gasteiger partial charge >= 0.3 is 6.09 Å². The van der Waals surface area contributed by atoms with Crippen LogP contribution in [0.1, 0.15) is 20.8 Å². The third-order valence-electron chi connectivity index (χ3n) is 1.47. The van der Waals surface area contributed by atoms with Crippen LogP contribution in [0.3, 0.4) is 0 Å². The van der Waals surface area contributed by atoms with E-state index in [4.69, 9.17) is 10.5 Å². The van der Waals surface area contributed by atoms with Crippen molar-refractivity contribution in [2.75, 3.05) is 20.1 Å². The van der Waals surface area contributed by atoms with Crippen LogP contribution in [0.2, 0.25) is 0 Å². The van der Waals surface area contributed by atoms with Gasteiger partial charge in [0.2, 0.25) is 0 Å². The van der Waals surface area contributed by atoms with E-state index in [0.29, 0.717) is 0 Å². The molecule has 0 aliphatic heterocycles. The Morgan fingerprint density at radius 2 is 1.87 bits per heavy atom. The summed E-state index contributed by atoms with van der Waals surface area (Å²) in [5, 5.41) is 0. The van der Waals surface area contributed by atoms with Crippen molar-refractivity contribution >= 4 is 6.09 Å². The third-order valence-corrected chi connectivity index (χ3v) is 1.47. The molecule has 2 N–H and O–H groups in total. The van der Waals surface area contributed by atoms with Crippen LogP contribution in [0.5, 0.6) is 0 Å². The summed E-state index contributed by atoms with van der Waals surface area (Å²) in [6.07, 6.45) is -0.782. The average Bonchev–Trinajstić information content (AvgIpc) is 2.00. The molecule has 0 spiro atoms. The Bertz CT molecular complexity index is 227. The third kappa shape index (κ3) is 6.22. The van der Waals surface area contributed by atoms with Crippen molar-refractivity contribution in [1.82, 2.24) is 4.90 Å². The predicted molar refractivity (Wildman–Crippen MR) is 52.9 cm³/mol. The lowest BCUT2D eigenvalue weighted by atomic mass is 10.2. The second-order valence-corrected chi connectivity index (χ2v) is 4.40. The number of rotatable bonds is 3. The molecule has 0 atom stereocenters. The first kappa shape index (κ1) is 14.1. The van der Waals surface area contributed by atoms with Gasteiger partial charge in [0.05, 0.1) is 13.1 Å². The van der Waals surface area contributed by atoms with E-state index in [0.717, 1.165) is 4.90 Å². The molecular weight excluding hydrogens is 206 g/mol. The summed E-state index contributed by atoms with van der Waals surface area (Å²) in [5.41, 5.74) is 4.16. The molecule has 0 fully saturated rings. The van der Waals surface area contributed by atoms with Crippen LogP contribution in [0.4, 0.5) is 13.6 Å². The van der Waals surface area contributed by atoms with Crippen LogP contribution < -0.4 is 5.73 Å². The van der Waals surface area contributed by atoms with Crippen molar-refractivity contribution in [3.63, 3.8) is 0 Å². The van der Waals surface area contributed by atoms with E-state index in [9.17, 15) is 13.6 Å². The van der Waals surface area contributed by atoms with Gasteiger partial charge in [0, 0.05) is 7.05 Å². The Labute approximate surface area is 88.4 Å². The van der Waals surface area contributed by atoms with Crippen molar-refractivity contribution in [3.05, 3.63) is 0 Å². The number of amides is 1. The predicted octanol–water partition coefficient (Wildman–Crippen LogP) is 1.45. The van der Waals surface area contributed by atoms with Crippen molar-refractivity contribution in [1.29, 1.82) is 0 Å². The molecule has 0 heterocycles. The molecular formula is C9H18F2N2O2. The summed E-state index contributed by atoms with van der Waals surface area (Å²) < 4.78 is 30.5. The van der Waals surface area contributed by atoms with Crippen LogP contribution in [0, 0.1) is 0 Å². The number of carbonyl (C=O) groups is 1. The van der Waals surface area contributed by atoms with Crippen LogP contribution in [-0.4, -0.2) is 42.7 Å². The lowest BCUT2D eigenvalue weighted by Gasteiger charge is -2.26. The summed E-state index contributed by atoms with van der Waals surface area (Å²) in [4.78, 5) is 12.1. The SMILES string of the molecule is CN(CC(F)(F)CN)C(=O)OC(C)(C)C. The van der Waals surface area contributed by atoms with Crippen LogP contribution >= 0.6 is 0 Å². The maximum atomic E-state index is 12.8. The Balaban J connectivity index is 4.23. The molecule has 0 aromatic carbocycles. The van der Waals surface area contributed by atoms with Crippen LogP contribution in [0.15, 0.2) is 0 Å². The lowest BCUT2D eigenvalue weighted by molar-refractivity contribution is -0.0298. The Hall–Kier alpha value is -0.910. The largest absolute Gasteiger partial charge is 0.444 e.